The largest absolute Gasteiger partial charge is 0.481 e. The van der Waals surface area contributed by atoms with Crippen molar-refractivity contribution < 1.29 is 14.1 Å². The molecule has 1 amide bonds. The zero-order valence-corrected chi connectivity index (χ0v) is 15.0. The van der Waals surface area contributed by atoms with Crippen LogP contribution in [0.2, 0.25) is 0 Å². The van der Waals surface area contributed by atoms with Gasteiger partial charge >= 0.3 is 0 Å². The molecule has 1 aliphatic rings. The van der Waals surface area contributed by atoms with E-state index in [1.54, 1.807) is 13.3 Å². The minimum Gasteiger partial charge on any atom is -0.481 e. The van der Waals surface area contributed by atoms with E-state index in [2.05, 4.69) is 15.0 Å². The van der Waals surface area contributed by atoms with Crippen molar-refractivity contribution in [3.8, 4) is 17.2 Å². The summed E-state index contributed by atoms with van der Waals surface area (Å²) >= 11 is 0. The third kappa shape index (κ3) is 3.48. The zero-order chi connectivity index (χ0) is 18.6. The molecule has 0 unspecified atom stereocenters. The number of pyridine rings is 1. The van der Waals surface area contributed by atoms with Gasteiger partial charge in [0.15, 0.2) is 5.76 Å². The molecule has 3 heterocycles. The van der Waals surface area contributed by atoms with Crippen LogP contribution in [0.3, 0.4) is 0 Å². The lowest BCUT2D eigenvalue weighted by Gasteiger charge is -2.35. The van der Waals surface area contributed by atoms with E-state index in [9.17, 15) is 4.79 Å². The van der Waals surface area contributed by atoms with Crippen LogP contribution in [0.25, 0.3) is 11.3 Å². The molecule has 138 valence electrons. The fourth-order valence-corrected chi connectivity index (χ4v) is 3.21. The van der Waals surface area contributed by atoms with Crippen molar-refractivity contribution in [2.45, 2.75) is 0 Å². The van der Waals surface area contributed by atoms with Gasteiger partial charge in [0.2, 0.25) is 5.88 Å². The smallest absolute Gasteiger partial charge is 0.259 e. The summed E-state index contributed by atoms with van der Waals surface area (Å²) in [6.07, 6.45) is 3.30. The highest BCUT2D eigenvalue weighted by molar-refractivity contribution is 5.99. The number of nitrogens with zero attached hydrogens (tertiary/aromatic N) is 4. The van der Waals surface area contributed by atoms with Crippen LogP contribution in [0.5, 0.6) is 5.88 Å². The number of benzene rings is 1. The number of methoxy groups -OCH3 is 1. The first kappa shape index (κ1) is 17.1. The molecule has 0 atom stereocenters. The molecule has 2 aromatic heterocycles. The molecule has 1 saturated heterocycles. The van der Waals surface area contributed by atoms with Gasteiger partial charge in [0.05, 0.1) is 25.2 Å². The number of amides is 1. The van der Waals surface area contributed by atoms with Gasteiger partial charge < -0.3 is 19.1 Å². The molecular weight excluding hydrogens is 344 g/mol. The van der Waals surface area contributed by atoms with Gasteiger partial charge in [0, 0.05) is 37.8 Å². The monoisotopic (exact) mass is 364 g/mol. The van der Waals surface area contributed by atoms with Crippen molar-refractivity contribution in [1.29, 1.82) is 0 Å². The molecule has 1 aromatic carbocycles. The Kier molecular flexibility index (Phi) is 4.74. The molecule has 7 nitrogen and oxygen atoms in total. The molecule has 0 spiro atoms. The van der Waals surface area contributed by atoms with Crippen LogP contribution in [0.4, 0.5) is 5.69 Å². The summed E-state index contributed by atoms with van der Waals surface area (Å²) in [5, 5.41) is 3.84. The van der Waals surface area contributed by atoms with Gasteiger partial charge in [-0.3, -0.25) is 4.79 Å². The Morgan fingerprint density at radius 3 is 2.48 bits per heavy atom. The molecule has 0 saturated carbocycles. The number of ether oxygens (including phenoxy) is 1. The van der Waals surface area contributed by atoms with Gasteiger partial charge in [-0.1, -0.05) is 35.5 Å². The van der Waals surface area contributed by atoms with E-state index < -0.39 is 0 Å². The molecule has 27 heavy (non-hydrogen) atoms. The van der Waals surface area contributed by atoms with E-state index in [-0.39, 0.29) is 5.91 Å². The second-order valence-corrected chi connectivity index (χ2v) is 6.27. The minimum atomic E-state index is -0.0531. The second-order valence-electron chi connectivity index (χ2n) is 6.27. The number of carbonyl (C=O) groups excluding carboxylic acids is 1. The third-order valence-corrected chi connectivity index (χ3v) is 4.70. The maximum absolute atomic E-state index is 13.0. The maximum atomic E-state index is 13.0. The zero-order valence-electron chi connectivity index (χ0n) is 15.0. The Morgan fingerprint density at radius 2 is 1.81 bits per heavy atom. The normalized spacial score (nSPS) is 14.3. The van der Waals surface area contributed by atoms with Crippen LogP contribution in [0.1, 0.15) is 10.4 Å². The number of anilines is 1. The summed E-state index contributed by atoms with van der Waals surface area (Å²) in [5.41, 5.74) is 2.37. The van der Waals surface area contributed by atoms with Crippen LogP contribution in [-0.2, 0) is 0 Å². The quantitative estimate of drug-likeness (QED) is 0.709. The number of rotatable bonds is 4. The predicted molar refractivity (Wildman–Crippen MR) is 101 cm³/mol. The van der Waals surface area contributed by atoms with Crippen molar-refractivity contribution in [3.63, 3.8) is 0 Å². The number of piperazine rings is 1. The predicted octanol–water partition coefficient (Wildman–Crippen LogP) is 2.71. The van der Waals surface area contributed by atoms with Crippen molar-refractivity contribution >= 4 is 11.6 Å². The molecule has 0 bridgehead atoms. The number of hydrogen-bond acceptors (Lipinski definition) is 6. The average molecular weight is 364 g/mol. The molecule has 0 aliphatic carbocycles. The lowest BCUT2D eigenvalue weighted by molar-refractivity contribution is 0.0747. The van der Waals surface area contributed by atoms with Crippen LogP contribution in [0.15, 0.2) is 59.4 Å². The van der Waals surface area contributed by atoms with Crippen molar-refractivity contribution in [2.24, 2.45) is 0 Å². The Balaban J connectivity index is 1.44. The highest BCUT2D eigenvalue weighted by Crippen LogP contribution is 2.25. The molecular formula is C20H20N4O3. The van der Waals surface area contributed by atoms with Crippen LogP contribution < -0.4 is 9.64 Å². The molecule has 0 radical (unpaired) electrons. The average Bonchev–Trinajstić information content (AvgIpc) is 3.24. The standard InChI is InChI=1S/C20H20N4O3/c1-26-18-8-7-16(13-21-18)23-9-11-24(12-10-23)20(25)17-14-22-27-19(17)15-5-3-2-4-6-15/h2-8,13-14H,9-12H2,1H3. The van der Waals surface area contributed by atoms with E-state index in [0.29, 0.717) is 30.3 Å². The fourth-order valence-electron chi connectivity index (χ4n) is 3.21. The van der Waals surface area contributed by atoms with E-state index in [0.717, 1.165) is 24.3 Å². The lowest BCUT2D eigenvalue weighted by atomic mass is 10.1. The molecule has 4 rings (SSSR count). The third-order valence-electron chi connectivity index (χ3n) is 4.70. The lowest BCUT2D eigenvalue weighted by Crippen LogP contribution is -2.48. The molecule has 7 heteroatoms. The van der Waals surface area contributed by atoms with Gasteiger partial charge in [-0.05, 0) is 6.07 Å². The number of hydrogen-bond donors (Lipinski definition) is 0. The van der Waals surface area contributed by atoms with Crippen LogP contribution in [-0.4, -0.2) is 54.2 Å². The summed E-state index contributed by atoms with van der Waals surface area (Å²) < 4.78 is 10.4. The first-order valence-corrected chi connectivity index (χ1v) is 8.80. The van der Waals surface area contributed by atoms with Gasteiger partial charge in [-0.25, -0.2) is 4.98 Å². The summed E-state index contributed by atoms with van der Waals surface area (Å²) in [4.78, 5) is 21.3. The van der Waals surface area contributed by atoms with Gasteiger partial charge in [0.25, 0.3) is 5.91 Å². The number of carbonyl (C=O) groups is 1. The topological polar surface area (TPSA) is 71.7 Å². The highest BCUT2D eigenvalue weighted by atomic mass is 16.5. The first-order valence-electron chi connectivity index (χ1n) is 8.80. The van der Waals surface area contributed by atoms with Gasteiger partial charge in [-0.15, -0.1) is 0 Å². The van der Waals surface area contributed by atoms with E-state index >= 15 is 0 Å². The Hall–Kier alpha value is -3.35. The Bertz CT molecular complexity index is 900. The molecule has 1 fully saturated rings. The van der Waals surface area contributed by atoms with Crippen molar-refractivity contribution in [2.75, 3.05) is 38.2 Å². The molecule has 3 aromatic rings. The molecule has 1 aliphatic heterocycles. The minimum absolute atomic E-state index is 0.0531. The maximum Gasteiger partial charge on any atom is 0.259 e. The van der Waals surface area contributed by atoms with Crippen molar-refractivity contribution in [3.05, 3.63) is 60.4 Å². The fraction of sp³-hybridized carbons (Fsp3) is 0.250. The van der Waals surface area contributed by atoms with Gasteiger partial charge in [-0.2, -0.15) is 0 Å². The molecule has 0 N–H and O–H groups in total. The van der Waals surface area contributed by atoms with Crippen LogP contribution in [0, 0.1) is 0 Å². The summed E-state index contributed by atoms with van der Waals surface area (Å²) in [5.74, 6) is 1.05. The van der Waals surface area contributed by atoms with E-state index in [1.165, 1.54) is 6.20 Å². The Morgan fingerprint density at radius 1 is 1.04 bits per heavy atom. The van der Waals surface area contributed by atoms with Crippen LogP contribution >= 0.6 is 0 Å². The van der Waals surface area contributed by atoms with E-state index in [4.69, 9.17) is 9.26 Å². The Labute approximate surface area is 157 Å². The van der Waals surface area contributed by atoms with E-state index in [1.807, 2.05) is 47.4 Å². The SMILES string of the molecule is COc1ccc(N2CCN(C(=O)c3cnoc3-c3ccccc3)CC2)cn1. The number of aromatic nitrogens is 2. The summed E-state index contributed by atoms with van der Waals surface area (Å²) in [7, 11) is 1.60. The summed E-state index contributed by atoms with van der Waals surface area (Å²) in [6, 6.07) is 13.4. The second kappa shape index (κ2) is 7.49. The summed E-state index contributed by atoms with van der Waals surface area (Å²) in [6.45, 7) is 2.74. The highest BCUT2D eigenvalue weighted by Gasteiger charge is 2.26. The first-order chi connectivity index (χ1) is 13.3. The van der Waals surface area contributed by atoms with Gasteiger partial charge in [0.1, 0.15) is 5.56 Å². The van der Waals surface area contributed by atoms with Crippen molar-refractivity contribution in [1.82, 2.24) is 15.0 Å².